The molecule has 0 spiro atoms. The van der Waals surface area contributed by atoms with Crippen molar-refractivity contribution in [2.45, 2.75) is 124 Å². The molecule has 1 radical (unpaired) electrons. The van der Waals surface area contributed by atoms with Crippen LogP contribution in [0.1, 0.15) is 133 Å². The summed E-state index contributed by atoms with van der Waals surface area (Å²) in [6.45, 7) is 14.9. The second-order valence-electron chi connectivity index (χ2n) is 11.2. The van der Waals surface area contributed by atoms with E-state index in [0.717, 1.165) is 81.0 Å². The van der Waals surface area contributed by atoms with Crippen LogP contribution in [0.2, 0.25) is 0 Å². The van der Waals surface area contributed by atoms with Crippen molar-refractivity contribution in [3.63, 3.8) is 0 Å². The summed E-state index contributed by atoms with van der Waals surface area (Å²) in [7, 11) is 0. The molecule has 44 heavy (non-hydrogen) atoms. The average molecular weight is 654 g/mol. The molecule has 1 saturated carbocycles. The largest absolute Gasteiger partial charge is 2.00 e. The summed E-state index contributed by atoms with van der Waals surface area (Å²) in [5.41, 5.74) is 6.09. The third kappa shape index (κ3) is 13.2. The summed E-state index contributed by atoms with van der Waals surface area (Å²) in [6, 6.07) is 8.62. The quantitative estimate of drug-likeness (QED) is 0.337. The number of hydrogen-bond donors (Lipinski definition) is 2. The molecule has 2 N–H and O–H groups in total. The van der Waals surface area contributed by atoms with Crippen molar-refractivity contribution in [3.8, 4) is 11.5 Å². The molecule has 2 aromatic carbocycles. The number of aliphatic imine (C=N–C) groups is 2. The second kappa shape index (κ2) is 20.7. The number of aliphatic carboxylic acids is 2. The van der Waals surface area contributed by atoms with E-state index in [1.54, 1.807) is 0 Å². The first-order chi connectivity index (χ1) is 20.3. The maximum atomic E-state index is 10.8. The van der Waals surface area contributed by atoms with E-state index in [0.29, 0.717) is 23.3 Å². The first-order valence-corrected chi connectivity index (χ1v) is 15.4. The van der Waals surface area contributed by atoms with E-state index in [-0.39, 0.29) is 28.9 Å². The van der Waals surface area contributed by atoms with Crippen molar-refractivity contribution in [1.29, 1.82) is 0 Å². The van der Waals surface area contributed by atoms with Gasteiger partial charge in [-0.1, -0.05) is 53.7 Å². The molecule has 8 nitrogen and oxygen atoms in total. The van der Waals surface area contributed by atoms with Crippen LogP contribution in [0.5, 0.6) is 11.5 Å². The molecule has 4 atom stereocenters. The summed E-state index contributed by atoms with van der Waals surface area (Å²) < 4.78 is 0. The normalized spacial score (nSPS) is 17.2. The molecule has 0 aromatic heterocycles. The van der Waals surface area contributed by atoms with Crippen LogP contribution < -0.4 is 10.2 Å². The Morgan fingerprint density at radius 1 is 0.773 bits per heavy atom. The van der Waals surface area contributed by atoms with E-state index in [4.69, 9.17) is 29.8 Å². The Morgan fingerprint density at radius 2 is 1.09 bits per heavy atom. The fourth-order valence-corrected chi connectivity index (χ4v) is 4.89. The van der Waals surface area contributed by atoms with Crippen molar-refractivity contribution in [2.75, 3.05) is 0 Å². The van der Waals surface area contributed by atoms with Gasteiger partial charge < -0.3 is 30.0 Å². The number of rotatable bonds is 10. The minimum atomic E-state index is -1.08. The van der Waals surface area contributed by atoms with E-state index < -0.39 is 11.9 Å². The number of hydrogen-bond acceptors (Lipinski definition) is 8. The van der Waals surface area contributed by atoms with Gasteiger partial charge in [0.1, 0.15) is 11.5 Å². The van der Waals surface area contributed by atoms with Gasteiger partial charge in [0.05, 0.1) is 12.1 Å². The molecule has 1 fully saturated rings. The van der Waals surface area contributed by atoms with E-state index in [1.165, 1.54) is 11.1 Å². The molecular formula is C35H50CoN2O6. The number of carbonyl (C=O) groups is 2. The molecule has 3 rings (SSSR count). The van der Waals surface area contributed by atoms with Crippen molar-refractivity contribution in [3.05, 3.63) is 57.6 Å². The molecular weight excluding hydrogens is 603 g/mol. The third-order valence-electron chi connectivity index (χ3n) is 7.86. The van der Waals surface area contributed by atoms with Crippen LogP contribution in [0.25, 0.3) is 0 Å². The summed E-state index contributed by atoms with van der Waals surface area (Å²) in [6.07, 6.45) is 10.5. The van der Waals surface area contributed by atoms with Gasteiger partial charge in [0, 0.05) is 35.5 Å². The molecule has 1 aliphatic carbocycles. The molecule has 0 heterocycles. The molecule has 1 aliphatic rings. The molecule has 0 aliphatic heterocycles. The molecule has 0 saturated heterocycles. The zero-order chi connectivity index (χ0) is 32.7. The third-order valence-corrected chi connectivity index (χ3v) is 7.86. The molecule has 4 unspecified atom stereocenters. The number of aromatic hydroxyl groups is 2. The first kappa shape index (κ1) is 40.8. The van der Waals surface area contributed by atoms with E-state index in [9.17, 15) is 10.2 Å². The average Bonchev–Trinajstić information content (AvgIpc) is 3.41. The van der Waals surface area contributed by atoms with Crippen LogP contribution >= 0.6 is 0 Å². The van der Waals surface area contributed by atoms with Gasteiger partial charge >= 0.3 is 16.8 Å². The summed E-state index contributed by atoms with van der Waals surface area (Å²) in [5.74, 6) is -0.576. The maximum absolute atomic E-state index is 10.8. The number of nitrogens with zero attached hydrogens (tertiary/aromatic N) is 2. The second-order valence-corrected chi connectivity index (χ2v) is 11.2. The molecule has 245 valence electrons. The standard InChI is InChI=1S/C31H44N2O2.2C2H4O2.Co/c1-7-20(5)24-14-22(9-3)30(34)26(16-24)18-32-28-12-11-13-29(28)33-19-27-17-25(21(6)8-2)15-23(10-4)31(27)35;2*1-2(3)4;/h14-21,28-29,34-35H,7-13H2,1-6H3;2*1H3,(H,3,4);/q;;;+2/p-2. The van der Waals surface area contributed by atoms with E-state index in [2.05, 4.69) is 65.8 Å². The van der Waals surface area contributed by atoms with Crippen molar-refractivity contribution in [1.82, 2.24) is 0 Å². The Kier molecular flexibility index (Phi) is 19.2. The minimum Gasteiger partial charge on any atom is -0.550 e. The Bertz CT molecular complexity index is 1160. The predicted molar refractivity (Wildman–Crippen MR) is 170 cm³/mol. The number of carboxylic acid groups (broad SMARTS) is 2. The maximum Gasteiger partial charge on any atom is 2.00 e. The van der Waals surface area contributed by atoms with Crippen LogP contribution in [0.15, 0.2) is 34.3 Å². The molecule has 0 amide bonds. The topological polar surface area (TPSA) is 145 Å². The number of aryl methyl sites for hydroxylation is 2. The molecule has 2 aromatic rings. The van der Waals surface area contributed by atoms with Crippen LogP contribution in [-0.2, 0) is 39.2 Å². The van der Waals surface area contributed by atoms with Crippen molar-refractivity contribution in [2.24, 2.45) is 9.98 Å². The number of phenols is 2. The van der Waals surface area contributed by atoms with Gasteiger partial charge in [0.25, 0.3) is 0 Å². The zero-order valence-corrected chi connectivity index (χ0v) is 28.5. The van der Waals surface area contributed by atoms with Gasteiger partial charge in [0.15, 0.2) is 0 Å². The van der Waals surface area contributed by atoms with Gasteiger partial charge in [0.2, 0.25) is 0 Å². The van der Waals surface area contributed by atoms with Crippen molar-refractivity contribution < 1.29 is 46.8 Å². The van der Waals surface area contributed by atoms with Gasteiger partial charge in [-0.2, -0.15) is 0 Å². The van der Waals surface area contributed by atoms with Crippen LogP contribution in [0, 0.1) is 0 Å². The Hall–Kier alpha value is -3.17. The fourth-order valence-electron chi connectivity index (χ4n) is 4.89. The summed E-state index contributed by atoms with van der Waals surface area (Å²) >= 11 is 0. The van der Waals surface area contributed by atoms with Crippen molar-refractivity contribution >= 4 is 24.4 Å². The number of phenolic OH excluding ortho intramolecular Hbond substituents is 2. The molecule has 9 heteroatoms. The van der Waals surface area contributed by atoms with E-state index in [1.807, 2.05) is 12.4 Å². The number of benzene rings is 2. The first-order valence-electron chi connectivity index (χ1n) is 15.4. The Labute approximate surface area is 273 Å². The Balaban J connectivity index is 0.00000183. The smallest absolute Gasteiger partial charge is 0.550 e. The summed E-state index contributed by atoms with van der Waals surface area (Å²) in [5, 5.41) is 39.3. The van der Waals surface area contributed by atoms with Crippen LogP contribution in [-0.4, -0.2) is 46.7 Å². The number of carbonyl (C=O) groups excluding carboxylic acids is 2. The summed E-state index contributed by atoms with van der Waals surface area (Å²) in [4.78, 5) is 27.6. The van der Waals surface area contributed by atoms with Gasteiger partial charge in [-0.3, -0.25) is 9.98 Å². The van der Waals surface area contributed by atoms with Crippen LogP contribution in [0.3, 0.4) is 0 Å². The van der Waals surface area contributed by atoms with Gasteiger partial charge in [-0.15, -0.1) is 0 Å². The predicted octanol–water partition coefficient (Wildman–Crippen LogP) is 5.22. The zero-order valence-electron chi connectivity index (χ0n) is 27.5. The monoisotopic (exact) mass is 653 g/mol. The van der Waals surface area contributed by atoms with Crippen LogP contribution in [0.4, 0.5) is 0 Å². The Morgan fingerprint density at radius 3 is 1.36 bits per heavy atom. The fraction of sp³-hybridized carbons (Fsp3) is 0.543. The SMILES string of the molecule is CC(=O)[O-].CC(=O)[O-].CCc1cc(C(C)CC)cc(C=NC2CCCC2N=Cc2cc(C(C)CC)cc(CC)c2O)c1O.[Co+2]. The molecule has 0 bridgehead atoms. The van der Waals surface area contributed by atoms with E-state index >= 15 is 0 Å². The minimum absolute atomic E-state index is 0. The number of carboxylic acids is 2. The van der Waals surface area contributed by atoms with Gasteiger partial charge in [-0.25, -0.2) is 0 Å². The van der Waals surface area contributed by atoms with Gasteiger partial charge in [-0.05, 0) is 105 Å².